The molecule has 2 aromatic rings. The lowest BCUT2D eigenvalue weighted by Gasteiger charge is -2.08. The quantitative estimate of drug-likeness (QED) is 0.859. The fourth-order valence-electron chi connectivity index (χ4n) is 1.62. The minimum Gasteiger partial charge on any atom is -0.370 e. The van der Waals surface area contributed by atoms with Gasteiger partial charge in [0, 0.05) is 17.8 Å². The lowest BCUT2D eigenvalue weighted by Crippen LogP contribution is -2.15. The van der Waals surface area contributed by atoms with Gasteiger partial charge in [0.2, 0.25) is 5.95 Å². The SMILES string of the molecule is CCCNc1cc(C(=O)Nc2nccnn2)cc(C)n1. The Bertz CT molecular complexity index is 587. The number of rotatable bonds is 5. The molecule has 0 aromatic carbocycles. The van der Waals surface area contributed by atoms with Crippen LogP contribution in [0.5, 0.6) is 0 Å². The number of anilines is 2. The molecule has 0 unspecified atom stereocenters. The van der Waals surface area contributed by atoms with Crippen LogP contribution in [0.4, 0.5) is 11.8 Å². The summed E-state index contributed by atoms with van der Waals surface area (Å²) in [5.74, 6) is 0.571. The predicted molar refractivity (Wildman–Crippen MR) is 75.5 cm³/mol. The molecule has 0 atom stereocenters. The zero-order chi connectivity index (χ0) is 14.4. The monoisotopic (exact) mass is 272 g/mol. The van der Waals surface area contributed by atoms with Gasteiger partial charge in [0.15, 0.2) is 0 Å². The minimum atomic E-state index is -0.289. The van der Waals surface area contributed by atoms with Gasteiger partial charge in [-0.3, -0.25) is 10.1 Å². The first kappa shape index (κ1) is 13.9. The Kier molecular flexibility index (Phi) is 4.54. The molecule has 0 saturated heterocycles. The van der Waals surface area contributed by atoms with Gasteiger partial charge in [-0.2, -0.15) is 5.10 Å². The van der Waals surface area contributed by atoms with E-state index in [9.17, 15) is 4.79 Å². The third kappa shape index (κ3) is 3.71. The van der Waals surface area contributed by atoms with Gasteiger partial charge in [-0.05, 0) is 25.5 Å². The first-order chi connectivity index (χ1) is 9.69. The highest BCUT2D eigenvalue weighted by Crippen LogP contribution is 2.11. The average molecular weight is 272 g/mol. The Morgan fingerprint density at radius 2 is 2.15 bits per heavy atom. The minimum absolute atomic E-state index is 0.176. The van der Waals surface area contributed by atoms with Crippen molar-refractivity contribution in [1.82, 2.24) is 20.2 Å². The Labute approximate surface area is 116 Å². The second kappa shape index (κ2) is 6.55. The van der Waals surface area contributed by atoms with Crippen molar-refractivity contribution in [2.75, 3.05) is 17.2 Å². The normalized spacial score (nSPS) is 10.1. The molecule has 20 heavy (non-hydrogen) atoms. The van der Waals surface area contributed by atoms with E-state index in [1.54, 1.807) is 12.1 Å². The van der Waals surface area contributed by atoms with Gasteiger partial charge in [-0.15, -0.1) is 5.10 Å². The standard InChI is InChI=1S/C13H16N6O/c1-3-4-14-11-8-10(7-9(2)17-11)12(20)18-13-15-5-6-16-19-13/h5-8H,3-4H2,1-2H3,(H,14,17)(H,15,18,19,20). The second-order valence-corrected chi connectivity index (χ2v) is 4.23. The van der Waals surface area contributed by atoms with Gasteiger partial charge in [0.05, 0.1) is 12.4 Å². The first-order valence-electron chi connectivity index (χ1n) is 6.36. The Morgan fingerprint density at radius 3 is 2.85 bits per heavy atom. The zero-order valence-corrected chi connectivity index (χ0v) is 11.4. The molecule has 2 aromatic heterocycles. The number of hydrogen-bond donors (Lipinski definition) is 2. The molecule has 104 valence electrons. The molecule has 0 aliphatic carbocycles. The van der Waals surface area contributed by atoms with E-state index >= 15 is 0 Å². The smallest absolute Gasteiger partial charge is 0.258 e. The Balaban J connectivity index is 2.15. The van der Waals surface area contributed by atoms with Gasteiger partial charge >= 0.3 is 0 Å². The van der Waals surface area contributed by atoms with Crippen LogP contribution in [0.25, 0.3) is 0 Å². The summed E-state index contributed by atoms with van der Waals surface area (Å²) in [6, 6.07) is 3.41. The molecule has 1 amide bonds. The van der Waals surface area contributed by atoms with E-state index in [0.717, 1.165) is 18.7 Å². The molecular weight excluding hydrogens is 256 g/mol. The maximum Gasteiger partial charge on any atom is 0.258 e. The number of pyridine rings is 1. The van der Waals surface area contributed by atoms with E-state index in [4.69, 9.17) is 0 Å². The Morgan fingerprint density at radius 1 is 1.30 bits per heavy atom. The van der Waals surface area contributed by atoms with E-state index in [0.29, 0.717) is 11.4 Å². The van der Waals surface area contributed by atoms with Gasteiger partial charge in [0.25, 0.3) is 5.91 Å². The van der Waals surface area contributed by atoms with Crippen LogP contribution in [0, 0.1) is 6.92 Å². The van der Waals surface area contributed by atoms with Crippen LogP contribution in [-0.2, 0) is 0 Å². The lowest BCUT2D eigenvalue weighted by atomic mass is 10.2. The fourth-order valence-corrected chi connectivity index (χ4v) is 1.62. The van der Waals surface area contributed by atoms with Crippen LogP contribution in [0.2, 0.25) is 0 Å². The van der Waals surface area contributed by atoms with Gasteiger partial charge < -0.3 is 5.32 Å². The number of amides is 1. The van der Waals surface area contributed by atoms with Crippen molar-refractivity contribution < 1.29 is 4.79 Å². The topological polar surface area (TPSA) is 92.7 Å². The molecule has 0 fully saturated rings. The maximum atomic E-state index is 12.1. The summed E-state index contributed by atoms with van der Waals surface area (Å²) in [6.07, 6.45) is 3.90. The van der Waals surface area contributed by atoms with Crippen LogP contribution in [-0.4, -0.2) is 32.6 Å². The highest BCUT2D eigenvalue weighted by Gasteiger charge is 2.10. The highest BCUT2D eigenvalue weighted by atomic mass is 16.1. The lowest BCUT2D eigenvalue weighted by molar-refractivity contribution is 0.102. The van der Waals surface area contributed by atoms with Crippen molar-refractivity contribution in [3.8, 4) is 0 Å². The van der Waals surface area contributed by atoms with E-state index in [1.807, 2.05) is 6.92 Å². The first-order valence-corrected chi connectivity index (χ1v) is 6.36. The van der Waals surface area contributed by atoms with E-state index < -0.39 is 0 Å². The van der Waals surface area contributed by atoms with Crippen molar-refractivity contribution in [3.63, 3.8) is 0 Å². The average Bonchev–Trinajstić information content (AvgIpc) is 2.45. The molecule has 2 rings (SSSR count). The van der Waals surface area contributed by atoms with Gasteiger partial charge in [-0.1, -0.05) is 6.92 Å². The fraction of sp³-hybridized carbons (Fsp3) is 0.308. The number of hydrogen-bond acceptors (Lipinski definition) is 6. The third-order valence-corrected chi connectivity index (χ3v) is 2.48. The van der Waals surface area contributed by atoms with Crippen LogP contribution in [0.3, 0.4) is 0 Å². The summed E-state index contributed by atoms with van der Waals surface area (Å²) in [6.45, 7) is 4.72. The van der Waals surface area contributed by atoms with E-state index in [-0.39, 0.29) is 11.9 Å². The molecule has 2 N–H and O–H groups in total. The molecule has 0 aliphatic rings. The summed E-state index contributed by atoms with van der Waals surface area (Å²) in [7, 11) is 0. The summed E-state index contributed by atoms with van der Waals surface area (Å²) in [5.41, 5.74) is 1.27. The molecule has 0 saturated carbocycles. The number of aryl methyl sites for hydroxylation is 1. The third-order valence-electron chi connectivity index (χ3n) is 2.48. The Hall–Kier alpha value is -2.57. The van der Waals surface area contributed by atoms with Crippen LogP contribution in [0.1, 0.15) is 29.4 Å². The van der Waals surface area contributed by atoms with Crippen molar-refractivity contribution in [1.29, 1.82) is 0 Å². The van der Waals surface area contributed by atoms with Gasteiger partial charge in [-0.25, -0.2) is 9.97 Å². The number of nitrogens with one attached hydrogen (secondary N) is 2. The van der Waals surface area contributed by atoms with Crippen molar-refractivity contribution in [2.45, 2.75) is 20.3 Å². The number of nitrogens with zero attached hydrogens (tertiary/aromatic N) is 4. The second-order valence-electron chi connectivity index (χ2n) is 4.23. The molecule has 0 bridgehead atoms. The summed E-state index contributed by atoms with van der Waals surface area (Å²) in [4.78, 5) is 20.3. The summed E-state index contributed by atoms with van der Waals surface area (Å²) >= 11 is 0. The zero-order valence-electron chi connectivity index (χ0n) is 11.4. The largest absolute Gasteiger partial charge is 0.370 e. The van der Waals surface area contributed by atoms with Crippen molar-refractivity contribution >= 4 is 17.7 Å². The summed E-state index contributed by atoms with van der Waals surface area (Å²) in [5, 5.41) is 13.1. The van der Waals surface area contributed by atoms with Crippen molar-refractivity contribution in [2.24, 2.45) is 0 Å². The molecule has 7 heteroatoms. The molecule has 0 radical (unpaired) electrons. The molecule has 0 aliphatic heterocycles. The van der Waals surface area contributed by atoms with Crippen LogP contribution >= 0.6 is 0 Å². The van der Waals surface area contributed by atoms with E-state index in [1.165, 1.54) is 12.4 Å². The molecule has 0 spiro atoms. The number of carbonyl (C=O) groups excluding carboxylic acids is 1. The molecular formula is C13H16N6O. The highest BCUT2D eigenvalue weighted by molar-refractivity contribution is 6.03. The number of carbonyl (C=O) groups is 1. The van der Waals surface area contributed by atoms with Crippen molar-refractivity contribution in [3.05, 3.63) is 35.8 Å². The van der Waals surface area contributed by atoms with E-state index in [2.05, 4.69) is 37.7 Å². The predicted octanol–water partition coefficient (Wildman–Crippen LogP) is 1.65. The molecule has 2 heterocycles. The summed E-state index contributed by atoms with van der Waals surface area (Å²) < 4.78 is 0. The van der Waals surface area contributed by atoms with Crippen LogP contribution in [0.15, 0.2) is 24.5 Å². The maximum absolute atomic E-state index is 12.1. The van der Waals surface area contributed by atoms with Crippen LogP contribution < -0.4 is 10.6 Å². The molecule has 7 nitrogen and oxygen atoms in total. The number of aromatic nitrogens is 4. The van der Waals surface area contributed by atoms with Gasteiger partial charge in [0.1, 0.15) is 5.82 Å².